The highest BCUT2D eigenvalue weighted by atomic mass is 16.5. The first kappa shape index (κ1) is 15.4. The molecule has 0 spiro atoms. The molecule has 1 aromatic rings. The predicted octanol–water partition coefficient (Wildman–Crippen LogP) is 4.19. The largest absolute Gasteiger partial charge is 0.492 e. The van der Waals surface area contributed by atoms with Crippen molar-refractivity contribution < 1.29 is 4.74 Å². The number of ether oxygens (including phenoxy) is 1. The first-order valence-corrected chi connectivity index (χ1v) is 8.22. The molecule has 0 radical (unpaired) electrons. The Morgan fingerprint density at radius 2 is 1.85 bits per heavy atom. The minimum atomic E-state index is 0.491. The molecule has 2 heteroatoms. The summed E-state index contributed by atoms with van der Waals surface area (Å²) in [6.07, 6.45) is 9.23. The van der Waals surface area contributed by atoms with E-state index in [0.717, 1.165) is 24.7 Å². The molecule has 112 valence electrons. The maximum Gasteiger partial charge on any atom is 0.119 e. The molecule has 1 N–H and O–H groups in total. The Morgan fingerprint density at radius 1 is 1.15 bits per heavy atom. The Bertz CT molecular complexity index is 368. The second-order valence-electron chi connectivity index (χ2n) is 6.00. The van der Waals surface area contributed by atoms with Crippen LogP contribution in [0.4, 0.5) is 0 Å². The van der Waals surface area contributed by atoms with E-state index in [9.17, 15) is 0 Å². The molecule has 1 unspecified atom stereocenters. The van der Waals surface area contributed by atoms with Gasteiger partial charge in [-0.2, -0.15) is 0 Å². The minimum Gasteiger partial charge on any atom is -0.492 e. The van der Waals surface area contributed by atoms with Crippen molar-refractivity contribution >= 4 is 0 Å². The Hall–Kier alpha value is -1.02. The van der Waals surface area contributed by atoms with Crippen LogP contribution >= 0.6 is 0 Å². The summed E-state index contributed by atoms with van der Waals surface area (Å²) in [6, 6.07) is 9.09. The van der Waals surface area contributed by atoms with E-state index >= 15 is 0 Å². The summed E-state index contributed by atoms with van der Waals surface area (Å²) in [5.41, 5.74) is 1.40. The Balaban J connectivity index is 1.82. The summed E-state index contributed by atoms with van der Waals surface area (Å²) in [5.74, 6) is 1.79. The van der Waals surface area contributed by atoms with Gasteiger partial charge < -0.3 is 10.1 Å². The molecule has 1 aromatic carbocycles. The van der Waals surface area contributed by atoms with Crippen LogP contribution in [0, 0.1) is 5.92 Å². The monoisotopic (exact) mass is 275 g/mol. The first-order valence-electron chi connectivity index (χ1n) is 8.22. The quantitative estimate of drug-likeness (QED) is 0.806. The second-order valence-corrected chi connectivity index (χ2v) is 6.00. The molecule has 1 saturated carbocycles. The minimum absolute atomic E-state index is 0.491. The summed E-state index contributed by atoms with van der Waals surface area (Å²) in [7, 11) is 2.06. The van der Waals surface area contributed by atoms with E-state index in [4.69, 9.17) is 4.74 Å². The summed E-state index contributed by atoms with van der Waals surface area (Å²) in [5, 5.41) is 3.45. The van der Waals surface area contributed by atoms with Gasteiger partial charge >= 0.3 is 0 Å². The number of benzene rings is 1. The van der Waals surface area contributed by atoms with Crippen molar-refractivity contribution in [2.24, 2.45) is 5.92 Å². The highest BCUT2D eigenvalue weighted by molar-refractivity contribution is 5.27. The molecule has 0 amide bonds. The lowest BCUT2D eigenvalue weighted by molar-refractivity contribution is 0.192. The standard InChI is InChI=1S/C18H29NO/c1-3-7-15-10-12-17(13-11-15)20-14-18(19-2)16-8-5-4-6-9-16/h10-13,16,18-19H,3-9,14H2,1-2H3. The van der Waals surface area contributed by atoms with Crippen LogP contribution in [0.15, 0.2) is 24.3 Å². The molecule has 0 heterocycles. The number of rotatable bonds is 7. The lowest BCUT2D eigenvalue weighted by Crippen LogP contribution is -2.39. The van der Waals surface area contributed by atoms with Gasteiger partial charge in [0.25, 0.3) is 0 Å². The number of likely N-dealkylation sites (N-methyl/N-ethyl adjacent to an activating group) is 1. The lowest BCUT2D eigenvalue weighted by Gasteiger charge is -2.29. The maximum atomic E-state index is 5.98. The van der Waals surface area contributed by atoms with Crippen molar-refractivity contribution in [2.75, 3.05) is 13.7 Å². The molecular formula is C18H29NO. The van der Waals surface area contributed by atoms with Gasteiger partial charge in [0, 0.05) is 6.04 Å². The molecule has 0 bridgehead atoms. The zero-order valence-corrected chi connectivity index (χ0v) is 13.0. The van der Waals surface area contributed by atoms with E-state index in [-0.39, 0.29) is 0 Å². The summed E-state index contributed by atoms with van der Waals surface area (Å²) >= 11 is 0. The van der Waals surface area contributed by atoms with Gasteiger partial charge in [0.05, 0.1) is 0 Å². The van der Waals surface area contributed by atoms with Crippen molar-refractivity contribution in [3.63, 3.8) is 0 Å². The van der Waals surface area contributed by atoms with Crippen LogP contribution in [-0.4, -0.2) is 19.7 Å². The second kappa shape index (κ2) is 8.31. The molecule has 1 fully saturated rings. The number of nitrogens with one attached hydrogen (secondary N) is 1. The van der Waals surface area contributed by atoms with Gasteiger partial charge in [0.15, 0.2) is 0 Å². The van der Waals surface area contributed by atoms with Crippen LogP contribution in [0.1, 0.15) is 51.0 Å². The fraction of sp³-hybridized carbons (Fsp3) is 0.667. The van der Waals surface area contributed by atoms with Gasteiger partial charge in [0.2, 0.25) is 0 Å². The summed E-state index contributed by atoms with van der Waals surface area (Å²) in [6.45, 7) is 3.00. The maximum absolute atomic E-state index is 5.98. The van der Waals surface area contributed by atoms with Gasteiger partial charge in [-0.05, 0) is 49.9 Å². The topological polar surface area (TPSA) is 21.3 Å². The third-order valence-electron chi connectivity index (χ3n) is 4.48. The van der Waals surface area contributed by atoms with Crippen molar-refractivity contribution in [1.29, 1.82) is 0 Å². The highest BCUT2D eigenvalue weighted by Crippen LogP contribution is 2.27. The van der Waals surface area contributed by atoms with Crippen molar-refractivity contribution in [3.8, 4) is 5.75 Å². The zero-order valence-electron chi connectivity index (χ0n) is 13.0. The molecule has 0 aliphatic heterocycles. The fourth-order valence-electron chi connectivity index (χ4n) is 3.22. The van der Waals surface area contributed by atoms with Crippen LogP contribution in [0.25, 0.3) is 0 Å². The predicted molar refractivity (Wildman–Crippen MR) is 85.4 cm³/mol. The molecule has 0 aromatic heterocycles. The summed E-state index contributed by atoms with van der Waals surface area (Å²) < 4.78 is 5.98. The number of hydrogen-bond acceptors (Lipinski definition) is 2. The number of aryl methyl sites for hydroxylation is 1. The van der Waals surface area contributed by atoms with Gasteiger partial charge in [-0.15, -0.1) is 0 Å². The third-order valence-corrected chi connectivity index (χ3v) is 4.48. The molecule has 20 heavy (non-hydrogen) atoms. The van der Waals surface area contributed by atoms with E-state index in [1.807, 2.05) is 0 Å². The molecule has 1 aliphatic carbocycles. The van der Waals surface area contributed by atoms with Crippen LogP contribution < -0.4 is 10.1 Å². The van der Waals surface area contributed by atoms with Gasteiger partial charge in [-0.25, -0.2) is 0 Å². The average molecular weight is 275 g/mol. The molecule has 0 saturated heterocycles. The summed E-state index contributed by atoms with van der Waals surface area (Å²) in [4.78, 5) is 0. The molecule has 2 rings (SSSR count). The average Bonchev–Trinajstić information content (AvgIpc) is 2.51. The van der Waals surface area contributed by atoms with Crippen LogP contribution in [0.5, 0.6) is 5.75 Å². The van der Waals surface area contributed by atoms with Crippen molar-refractivity contribution in [2.45, 2.75) is 57.9 Å². The Kier molecular flexibility index (Phi) is 6.38. The fourth-order valence-corrected chi connectivity index (χ4v) is 3.22. The van der Waals surface area contributed by atoms with E-state index in [1.54, 1.807) is 0 Å². The van der Waals surface area contributed by atoms with E-state index in [1.165, 1.54) is 44.1 Å². The normalized spacial score (nSPS) is 17.9. The molecule has 1 atom stereocenters. The first-order chi connectivity index (χ1) is 9.83. The van der Waals surface area contributed by atoms with Gasteiger partial charge in [0.1, 0.15) is 12.4 Å². The Morgan fingerprint density at radius 3 is 2.45 bits per heavy atom. The number of hydrogen-bond donors (Lipinski definition) is 1. The van der Waals surface area contributed by atoms with Crippen LogP contribution in [0.3, 0.4) is 0 Å². The Labute approximate surface area is 123 Å². The lowest BCUT2D eigenvalue weighted by atomic mass is 9.84. The highest BCUT2D eigenvalue weighted by Gasteiger charge is 2.22. The van der Waals surface area contributed by atoms with Crippen molar-refractivity contribution in [1.82, 2.24) is 5.32 Å². The van der Waals surface area contributed by atoms with E-state index in [2.05, 4.69) is 43.6 Å². The molecule has 1 aliphatic rings. The van der Waals surface area contributed by atoms with E-state index < -0.39 is 0 Å². The SMILES string of the molecule is CCCc1ccc(OCC(NC)C2CCCCC2)cc1. The van der Waals surface area contributed by atoms with Crippen LogP contribution in [0.2, 0.25) is 0 Å². The van der Waals surface area contributed by atoms with Gasteiger partial charge in [-0.3, -0.25) is 0 Å². The zero-order chi connectivity index (χ0) is 14.2. The smallest absolute Gasteiger partial charge is 0.119 e. The van der Waals surface area contributed by atoms with E-state index in [0.29, 0.717) is 6.04 Å². The molecule has 2 nitrogen and oxygen atoms in total. The van der Waals surface area contributed by atoms with Crippen LogP contribution in [-0.2, 0) is 6.42 Å². The van der Waals surface area contributed by atoms with Gasteiger partial charge in [-0.1, -0.05) is 44.7 Å². The third kappa shape index (κ3) is 4.52. The molecular weight excluding hydrogens is 246 g/mol. The van der Waals surface area contributed by atoms with Crippen molar-refractivity contribution in [3.05, 3.63) is 29.8 Å².